The van der Waals surface area contributed by atoms with Crippen molar-refractivity contribution in [1.82, 2.24) is 0 Å². The van der Waals surface area contributed by atoms with Gasteiger partial charge in [-0.2, -0.15) is 0 Å². The van der Waals surface area contributed by atoms with Crippen LogP contribution in [0.5, 0.6) is 5.75 Å². The Bertz CT molecular complexity index is 737. The fourth-order valence-electron chi connectivity index (χ4n) is 2.13. The van der Waals surface area contributed by atoms with Crippen LogP contribution >= 0.6 is 0 Å². The van der Waals surface area contributed by atoms with Crippen LogP contribution in [0.4, 0.5) is 0 Å². The molecule has 6 nitrogen and oxygen atoms in total. The molecule has 2 rings (SSSR count). The van der Waals surface area contributed by atoms with Crippen molar-refractivity contribution in [2.75, 3.05) is 0 Å². The van der Waals surface area contributed by atoms with Gasteiger partial charge in [0.1, 0.15) is 5.75 Å². The second kappa shape index (κ2) is 7.31. The number of carbonyl (C=O) groups excluding carboxylic acids is 2. The molecule has 0 unspecified atom stereocenters. The number of nitro groups is 1. The highest BCUT2D eigenvalue weighted by Crippen LogP contribution is 2.20. The number of esters is 1. The van der Waals surface area contributed by atoms with Crippen molar-refractivity contribution in [3.63, 3.8) is 0 Å². The standard InChI is InChI=1S/C17H15NO5/c1-12(19)23-17-5-3-2-4-15(17)16(20)10-13-6-8-14(9-7-13)11-18(21)22/h2-9H,10-11H2,1H3. The number of hydrogen-bond acceptors (Lipinski definition) is 5. The molecule has 0 heterocycles. The van der Waals surface area contributed by atoms with Gasteiger partial charge in [-0.05, 0) is 17.7 Å². The van der Waals surface area contributed by atoms with E-state index >= 15 is 0 Å². The van der Waals surface area contributed by atoms with Crippen LogP contribution in [-0.4, -0.2) is 16.7 Å². The lowest BCUT2D eigenvalue weighted by atomic mass is 10.0. The first-order chi connectivity index (χ1) is 11.0. The molecule has 0 amide bonds. The fraction of sp³-hybridized carbons (Fsp3) is 0.176. The molecule has 0 spiro atoms. The van der Waals surface area contributed by atoms with Crippen LogP contribution in [0.15, 0.2) is 48.5 Å². The van der Waals surface area contributed by atoms with E-state index in [1.807, 2.05) is 0 Å². The van der Waals surface area contributed by atoms with E-state index in [4.69, 9.17) is 4.74 Å². The number of para-hydroxylation sites is 1. The molecule has 0 atom stereocenters. The molecule has 0 aliphatic carbocycles. The van der Waals surface area contributed by atoms with Gasteiger partial charge in [-0.1, -0.05) is 36.4 Å². The fourth-order valence-corrected chi connectivity index (χ4v) is 2.13. The number of hydrogen-bond donors (Lipinski definition) is 0. The Morgan fingerprint density at radius 3 is 2.26 bits per heavy atom. The van der Waals surface area contributed by atoms with Crippen LogP contribution in [0, 0.1) is 10.1 Å². The van der Waals surface area contributed by atoms with E-state index in [1.54, 1.807) is 48.5 Å². The zero-order valence-corrected chi connectivity index (χ0v) is 12.5. The first kappa shape index (κ1) is 16.4. The summed E-state index contributed by atoms with van der Waals surface area (Å²) in [6.45, 7) is 1.03. The molecular formula is C17H15NO5. The summed E-state index contributed by atoms with van der Waals surface area (Å²) in [6.07, 6.45) is 0.122. The third kappa shape index (κ3) is 4.74. The number of benzene rings is 2. The quantitative estimate of drug-likeness (QED) is 0.269. The van der Waals surface area contributed by atoms with Crippen molar-refractivity contribution < 1.29 is 19.2 Å². The lowest BCUT2D eigenvalue weighted by Gasteiger charge is -2.08. The number of rotatable bonds is 6. The minimum Gasteiger partial charge on any atom is -0.426 e. The lowest BCUT2D eigenvalue weighted by Crippen LogP contribution is -2.09. The summed E-state index contributed by atoms with van der Waals surface area (Å²) in [5, 5.41) is 10.5. The maximum Gasteiger partial charge on any atom is 0.308 e. The average molecular weight is 313 g/mol. The molecule has 0 N–H and O–H groups in total. The van der Waals surface area contributed by atoms with Crippen LogP contribution in [0.25, 0.3) is 0 Å². The minimum absolute atomic E-state index is 0.122. The van der Waals surface area contributed by atoms with E-state index in [0.29, 0.717) is 11.1 Å². The Kier molecular flexibility index (Phi) is 5.19. The summed E-state index contributed by atoms with van der Waals surface area (Å²) in [5.74, 6) is -0.451. The SMILES string of the molecule is CC(=O)Oc1ccccc1C(=O)Cc1ccc(C[N+](=O)[O-])cc1. The van der Waals surface area contributed by atoms with Crippen molar-refractivity contribution in [3.05, 3.63) is 75.3 Å². The molecule has 0 aliphatic heterocycles. The largest absolute Gasteiger partial charge is 0.426 e. The normalized spacial score (nSPS) is 10.1. The van der Waals surface area contributed by atoms with Gasteiger partial charge in [0.05, 0.1) is 5.56 Å². The Morgan fingerprint density at radius 2 is 1.65 bits per heavy atom. The molecule has 118 valence electrons. The Labute approximate surface area is 132 Å². The van der Waals surface area contributed by atoms with Gasteiger partial charge < -0.3 is 4.74 Å². The van der Waals surface area contributed by atoms with Crippen LogP contribution in [0.3, 0.4) is 0 Å². The van der Waals surface area contributed by atoms with E-state index in [2.05, 4.69) is 0 Å². The van der Waals surface area contributed by atoms with Crippen LogP contribution in [0.2, 0.25) is 0 Å². The molecular weight excluding hydrogens is 298 g/mol. The number of ether oxygens (including phenoxy) is 1. The monoisotopic (exact) mass is 313 g/mol. The van der Waals surface area contributed by atoms with Crippen molar-refractivity contribution in [2.24, 2.45) is 0 Å². The molecule has 6 heteroatoms. The van der Waals surface area contributed by atoms with E-state index in [9.17, 15) is 19.7 Å². The first-order valence-corrected chi connectivity index (χ1v) is 6.96. The van der Waals surface area contributed by atoms with E-state index < -0.39 is 10.9 Å². The van der Waals surface area contributed by atoms with Crippen molar-refractivity contribution in [2.45, 2.75) is 19.9 Å². The van der Waals surface area contributed by atoms with Crippen molar-refractivity contribution in [1.29, 1.82) is 0 Å². The number of Topliss-reactive ketones (excluding diaryl/α,β-unsaturated/α-hetero) is 1. The molecule has 0 fully saturated rings. The van der Waals surface area contributed by atoms with E-state index in [1.165, 1.54) is 6.92 Å². The highest BCUT2D eigenvalue weighted by Gasteiger charge is 2.14. The minimum atomic E-state index is -0.491. The van der Waals surface area contributed by atoms with Gasteiger partial charge in [0.15, 0.2) is 5.78 Å². The Balaban J connectivity index is 2.13. The predicted octanol–water partition coefficient (Wildman–Crippen LogP) is 2.81. The van der Waals surface area contributed by atoms with Crippen LogP contribution in [0.1, 0.15) is 28.4 Å². The lowest BCUT2D eigenvalue weighted by molar-refractivity contribution is -0.496. The van der Waals surface area contributed by atoms with Gasteiger partial charge in [-0.3, -0.25) is 19.7 Å². The number of carbonyl (C=O) groups is 2. The van der Waals surface area contributed by atoms with E-state index in [-0.39, 0.29) is 24.5 Å². The zero-order valence-electron chi connectivity index (χ0n) is 12.5. The third-order valence-electron chi connectivity index (χ3n) is 3.14. The van der Waals surface area contributed by atoms with Crippen molar-refractivity contribution >= 4 is 11.8 Å². The predicted molar refractivity (Wildman–Crippen MR) is 82.9 cm³/mol. The maximum absolute atomic E-state index is 12.4. The van der Waals surface area contributed by atoms with Crippen LogP contribution in [-0.2, 0) is 17.8 Å². The summed E-state index contributed by atoms with van der Waals surface area (Å²) >= 11 is 0. The van der Waals surface area contributed by atoms with Gasteiger partial charge in [0.25, 0.3) is 0 Å². The topological polar surface area (TPSA) is 86.5 Å². The van der Waals surface area contributed by atoms with E-state index in [0.717, 1.165) is 5.56 Å². The summed E-state index contributed by atoms with van der Waals surface area (Å²) in [7, 11) is 0. The van der Waals surface area contributed by atoms with Gasteiger partial charge in [-0.25, -0.2) is 0 Å². The molecule has 0 bridgehead atoms. The smallest absolute Gasteiger partial charge is 0.308 e. The maximum atomic E-state index is 12.4. The van der Waals surface area contributed by atoms with Gasteiger partial charge in [-0.15, -0.1) is 0 Å². The first-order valence-electron chi connectivity index (χ1n) is 6.96. The third-order valence-corrected chi connectivity index (χ3v) is 3.14. The number of nitrogens with zero attached hydrogens (tertiary/aromatic N) is 1. The van der Waals surface area contributed by atoms with Gasteiger partial charge in [0.2, 0.25) is 6.54 Å². The molecule has 0 radical (unpaired) electrons. The Morgan fingerprint density at radius 1 is 1.04 bits per heavy atom. The second-order valence-corrected chi connectivity index (χ2v) is 5.00. The summed E-state index contributed by atoms with van der Waals surface area (Å²) in [5.41, 5.74) is 1.64. The molecule has 2 aromatic rings. The number of ketones is 1. The molecule has 0 saturated heterocycles. The average Bonchev–Trinajstić information content (AvgIpc) is 2.48. The highest BCUT2D eigenvalue weighted by atomic mass is 16.6. The second-order valence-electron chi connectivity index (χ2n) is 5.00. The van der Waals surface area contributed by atoms with Crippen molar-refractivity contribution in [3.8, 4) is 5.75 Å². The summed E-state index contributed by atoms with van der Waals surface area (Å²) in [6, 6.07) is 13.2. The molecule has 0 aliphatic rings. The molecule has 0 aromatic heterocycles. The molecule has 23 heavy (non-hydrogen) atoms. The zero-order chi connectivity index (χ0) is 16.8. The van der Waals surface area contributed by atoms with Gasteiger partial charge >= 0.3 is 5.97 Å². The molecule has 0 saturated carbocycles. The van der Waals surface area contributed by atoms with Gasteiger partial charge in [0, 0.05) is 23.8 Å². The highest BCUT2D eigenvalue weighted by molar-refractivity contribution is 6.00. The molecule has 2 aromatic carbocycles. The Hall–Kier alpha value is -3.02. The summed E-state index contributed by atoms with van der Waals surface area (Å²) in [4.78, 5) is 33.5. The van der Waals surface area contributed by atoms with Crippen LogP contribution < -0.4 is 4.74 Å². The summed E-state index contributed by atoms with van der Waals surface area (Å²) < 4.78 is 5.03.